The summed E-state index contributed by atoms with van der Waals surface area (Å²) in [5, 5.41) is 2.96. The molecular weight excluding hydrogens is 276 g/mol. The lowest BCUT2D eigenvalue weighted by Gasteiger charge is -2.32. The van der Waals surface area contributed by atoms with Gasteiger partial charge in [0.05, 0.1) is 0 Å². The number of likely N-dealkylation sites (tertiary alicyclic amines) is 1. The number of aryl methyl sites for hydroxylation is 1. The van der Waals surface area contributed by atoms with Gasteiger partial charge in [-0.15, -0.1) is 0 Å². The van der Waals surface area contributed by atoms with Crippen molar-refractivity contribution in [2.24, 2.45) is 11.3 Å². The highest BCUT2D eigenvalue weighted by atomic mass is 16.2. The Hall–Kier alpha value is -1.84. The van der Waals surface area contributed by atoms with Crippen LogP contribution in [-0.4, -0.2) is 29.8 Å². The minimum atomic E-state index is -0.803. The van der Waals surface area contributed by atoms with E-state index in [0.717, 1.165) is 37.2 Å². The molecule has 0 spiro atoms. The third-order valence-corrected chi connectivity index (χ3v) is 5.06. The van der Waals surface area contributed by atoms with Gasteiger partial charge in [-0.25, -0.2) is 0 Å². The predicted molar refractivity (Wildman–Crippen MR) is 86.5 cm³/mol. The van der Waals surface area contributed by atoms with Crippen LogP contribution in [0.1, 0.15) is 38.2 Å². The summed E-state index contributed by atoms with van der Waals surface area (Å²) in [6, 6.07) is 7.69. The predicted octanol–water partition coefficient (Wildman–Crippen LogP) is 2.97. The van der Waals surface area contributed by atoms with Gasteiger partial charge < -0.3 is 10.2 Å². The molecule has 2 aliphatic rings. The SMILES string of the molecule is Cc1ccccc1NC(=O)C1(C(=O)N2CCC(C)CC2)CC1. The van der Waals surface area contributed by atoms with Gasteiger partial charge in [-0.2, -0.15) is 0 Å². The number of carbonyl (C=O) groups excluding carboxylic acids is 2. The number of para-hydroxylation sites is 1. The van der Waals surface area contributed by atoms with Crippen LogP contribution in [0.15, 0.2) is 24.3 Å². The average molecular weight is 300 g/mol. The Morgan fingerprint density at radius 1 is 1.18 bits per heavy atom. The van der Waals surface area contributed by atoms with E-state index < -0.39 is 5.41 Å². The van der Waals surface area contributed by atoms with Crippen molar-refractivity contribution in [3.05, 3.63) is 29.8 Å². The first kappa shape index (κ1) is 15.1. The third-order valence-electron chi connectivity index (χ3n) is 5.06. The van der Waals surface area contributed by atoms with Crippen molar-refractivity contribution in [3.8, 4) is 0 Å². The van der Waals surface area contributed by atoms with Crippen LogP contribution in [0.2, 0.25) is 0 Å². The summed E-state index contributed by atoms with van der Waals surface area (Å²) in [4.78, 5) is 27.3. The standard InChI is InChI=1S/C18H24N2O2/c1-13-7-11-20(12-8-13)17(22)18(9-10-18)16(21)19-15-6-4-3-5-14(15)2/h3-6,13H,7-12H2,1-2H3,(H,19,21). The Balaban J connectivity index is 1.69. The van der Waals surface area contributed by atoms with Gasteiger partial charge in [-0.05, 0) is 50.2 Å². The largest absolute Gasteiger partial charge is 0.342 e. The van der Waals surface area contributed by atoms with Crippen LogP contribution in [-0.2, 0) is 9.59 Å². The molecule has 0 atom stereocenters. The highest BCUT2D eigenvalue weighted by Gasteiger charge is 2.58. The van der Waals surface area contributed by atoms with Crippen LogP contribution >= 0.6 is 0 Å². The van der Waals surface area contributed by atoms with E-state index in [1.165, 1.54) is 0 Å². The minimum absolute atomic E-state index is 0.0329. The van der Waals surface area contributed by atoms with E-state index in [-0.39, 0.29) is 11.8 Å². The van der Waals surface area contributed by atoms with Crippen molar-refractivity contribution in [2.45, 2.75) is 39.5 Å². The quantitative estimate of drug-likeness (QED) is 0.873. The maximum atomic E-state index is 12.8. The van der Waals surface area contributed by atoms with Crippen LogP contribution in [0.25, 0.3) is 0 Å². The van der Waals surface area contributed by atoms with Crippen molar-refractivity contribution < 1.29 is 9.59 Å². The molecule has 1 aliphatic carbocycles. The third kappa shape index (κ3) is 2.74. The lowest BCUT2D eigenvalue weighted by molar-refractivity contribution is -0.143. The number of benzene rings is 1. The first-order valence-corrected chi connectivity index (χ1v) is 8.19. The summed E-state index contributed by atoms with van der Waals surface area (Å²) in [6.07, 6.45) is 3.44. The molecule has 1 aromatic rings. The summed E-state index contributed by atoms with van der Waals surface area (Å²) in [7, 11) is 0. The monoisotopic (exact) mass is 300 g/mol. The molecule has 4 nitrogen and oxygen atoms in total. The maximum absolute atomic E-state index is 12.8. The van der Waals surface area contributed by atoms with Gasteiger partial charge in [0.2, 0.25) is 11.8 Å². The number of piperidine rings is 1. The van der Waals surface area contributed by atoms with E-state index in [1.807, 2.05) is 36.1 Å². The fraction of sp³-hybridized carbons (Fsp3) is 0.556. The molecule has 2 amide bonds. The van der Waals surface area contributed by atoms with E-state index >= 15 is 0 Å². The normalized spacial score (nSPS) is 20.5. The molecule has 4 heteroatoms. The molecule has 22 heavy (non-hydrogen) atoms. The zero-order valence-corrected chi connectivity index (χ0v) is 13.4. The van der Waals surface area contributed by atoms with Gasteiger partial charge >= 0.3 is 0 Å². The molecule has 1 heterocycles. The first-order valence-electron chi connectivity index (χ1n) is 8.19. The summed E-state index contributed by atoms with van der Waals surface area (Å²) in [5.41, 5.74) is 1.02. The average Bonchev–Trinajstić information content (AvgIpc) is 3.31. The Morgan fingerprint density at radius 3 is 2.41 bits per heavy atom. The van der Waals surface area contributed by atoms with Gasteiger partial charge in [0.25, 0.3) is 0 Å². The molecule has 1 aliphatic heterocycles. The van der Waals surface area contributed by atoms with E-state index in [2.05, 4.69) is 12.2 Å². The molecule has 1 saturated heterocycles. The van der Waals surface area contributed by atoms with Crippen LogP contribution in [0.5, 0.6) is 0 Å². The highest BCUT2D eigenvalue weighted by molar-refractivity contribution is 6.13. The zero-order valence-electron chi connectivity index (χ0n) is 13.4. The first-order chi connectivity index (χ1) is 10.5. The van der Waals surface area contributed by atoms with Crippen molar-refractivity contribution >= 4 is 17.5 Å². The lowest BCUT2D eigenvalue weighted by atomic mass is 9.96. The van der Waals surface area contributed by atoms with E-state index in [1.54, 1.807) is 0 Å². The molecule has 118 valence electrons. The number of hydrogen-bond acceptors (Lipinski definition) is 2. The van der Waals surface area contributed by atoms with Gasteiger partial charge in [0.1, 0.15) is 5.41 Å². The van der Waals surface area contributed by atoms with Gasteiger partial charge in [0.15, 0.2) is 0 Å². The number of nitrogens with one attached hydrogen (secondary N) is 1. The lowest BCUT2D eigenvalue weighted by Crippen LogP contribution is -2.46. The second-order valence-electron chi connectivity index (χ2n) is 6.83. The number of anilines is 1. The second kappa shape index (κ2) is 5.75. The van der Waals surface area contributed by atoms with E-state index in [0.29, 0.717) is 18.8 Å². The number of nitrogens with zero attached hydrogens (tertiary/aromatic N) is 1. The van der Waals surface area contributed by atoms with Crippen LogP contribution in [0.3, 0.4) is 0 Å². The zero-order chi connectivity index (χ0) is 15.7. The molecular formula is C18H24N2O2. The van der Waals surface area contributed by atoms with Gasteiger partial charge in [0, 0.05) is 18.8 Å². The van der Waals surface area contributed by atoms with Crippen LogP contribution in [0, 0.1) is 18.3 Å². The minimum Gasteiger partial charge on any atom is -0.342 e. The number of carbonyl (C=O) groups is 2. The molecule has 2 fully saturated rings. The Kier molecular flexibility index (Phi) is 3.94. The number of hydrogen-bond donors (Lipinski definition) is 1. The second-order valence-corrected chi connectivity index (χ2v) is 6.83. The fourth-order valence-electron chi connectivity index (χ4n) is 3.13. The number of rotatable bonds is 3. The molecule has 0 bridgehead atoms. The summed E-state index contributed by atoms with van der Waals surface area (Å²) < 4.78 is 0. The smallest absolute Gasteiger partial charge is 0.240 e. The van der Waals surface area contributed by atoms with E-state index in [9.17, 15) is 9.59 Å². The number of amides is 2. The summed E-state index contributed by atoms with van der Waals surface area (Å²) in [5.74, 6) is 0.580. The van der Waals surface area contributed by atoms with Crippen molar-refractivity contribution in [2.75, 3.05) is 18.4 Å². The highest BCUT2D eigenvalue weighted by Crippen LogP contribution is 2.48. The molecule has 1 N–H and O–H groups in total. The van der Waals surface area contributed by atoms with Crippen molar-refractivity contribution in [1.29, 1.82) is 0 Å². The Labute approximate surface area is 131 Å². The molecule has 1 aromatic carbocycles. The van der Waals surface area contributed by atoms with Crippen molar-refractivity contribution in [3.63, 3.8) is 0 Å². The van der Waals surface area contributed by atoms with Crippen molar-refractivity contribution in [1.82, 2.24) is 4.90 Å². The molecule has 0 radical (unpaired) electrons. The summed E-state index contributed by atoms with van der Waals surface area (Å²) >= 11 is 0. The topological polar surface area (TPSA) is 49.4 Å². The molecule has 0 unspecified atom stereocenters. The Morgan fingerprint density at radius 2 is 1.82 bits per heavy atom. The Bertz CT molecular complexity index is 585. The van der Waals surface area contributed by atoms with Crippen LogP contribution in [0.4, 0.5) is 5.69 Å². The van der Waals surface area contributed by atoms with Gasteiger partial charge in [-0.3, -0.25) is 9.59 Å². The molecule has 0 aromatic heterocycles. The molecule has 3 rings (SSSR count). The summed E-state index contributed by atoms with van der Waals surface area (Å²) in [6.45, 7) is 5.77. The maximum Gasteiger partial charge on any atom is 0.240 e. The van der Waals surface area contributed by atoms with Crippen LogP contribution < -0.4 is 5.32 Å². The van der Waals surface area contributed by atoms with E-state index in [4.69, 9.17) is 0 Å². The molecule has 1 saturated carbocycles. The van der Waals surface area contributed by atoms with Gasteiger partial charge in [-0.1, -0.05) is 25.1 Å². The fourth-order valence-corrected chi connectivity index (χ4v) is 3.13.